The second-order valence-corrected chi connectivity index (χ2v) is 6.17. The lowest BCUT2D eigenvalue weighted by Crippen LogP contribution is -2.51. The summed E-state index contributed by atoms with van der Waals surface area (Å²) in [7, 11) is 2.90. The number of benzene rings is 1. The van der Waals surface area contributed by atoms with E-state index in [-0.39, 0.29) is 12.5 Å². The number of oxime groups is 1. The first-order chi connectivity index (χ1) is 10.8. The van der Waals surface area contributed by atoms with Gasteiger partial charge < -0.3 is 19.6 Å². The monoisotopic (exact) mass is 362 g/mol. The molecule has 1 unspecified atom stereocenters. The number of carbonyl (C=O) groups excluding carboxylic acids is 1. The van der Waals surface area contributed by atoms with Gasteiger partial charge >= 0.3 is 0 Å². The van der Waals surface area contributed by atoms with E-state index in [4.69, 9.17) is 32.7 Å². The zero-order valence-corrected chi connectivity index (χ0v) is 14.9. The third kappa shape index (κ3) is 7.07. The van der Waals surface area contributed by atoms with Crippen molar-refractivity contribution >= 4 is 35.3 Å². The van der Waals surface area contributed by atoms with Crippen LogP contribution in [-0.4, -0.2) is 44.6 Å². The molecule has 0 fully saturated rings. The van der Waals surface area contributed by atoms with Crippen molar-refractivity contribution in [2.24, 2.45) is 5.16 Å². The Balaban J connectivity index is 2.84. The summed E-state index contributed by atoms with van der Waals surface area (Å²) in [6.45, 7) is 3.61. The Morgan fingerprint density at radius 3 is 2.43 bits per heavy atom. The van der Waals surface area contributed by atoms with E-state index in [1.807, 2.05) is 0 Å². The average molecular weight is 363 g/mol. The summed E-state index contributed by atoms with van der Waals surface area (Å²) in [6, 6.07) is 4.72. The molecule has 0 aromatic heterocycles. The van der Waals surface area contributed by atoms with Crippen LogP contribution in [0.3, 0.4) is 0 Å². The number of nitrogens with zero attached hydrogens (tertiary/aromatic N) is 1. The number of amides is 1. The minimum atomic E-state index is -0.871. The summed E-state index contributed by atoms with van der Waals surface area (Å²) in [5.74, 6) is 0.0126. The van der Waals surface area contributed by atoms with Crippen LogP contribution in [0.2, 0.25) is 10.0 Å². The number of carbonyl (C=O) groups is 1. The lowest BCUT2D eigenvalue weighted by molar-refractivity contribution is -0.131. The van der Waals surface area contributed by atoms with Gasteiger partial charge in [0.2, 0.25) is 0 Å². The molecule has 1 amide bonds. The highest BCUT2D eigenvalue weighted by atomic mass is 35.5. The lowest BCUT2D eigenvalue weighted by Gasteiger charge is -2.25. The summed E-state index contributed by atoms with van der Waals surface area (Å²) in [4.78, 5) is 17.0. The van der Waals surface area contributed by atoms with E-state index in [0.717, 1.165) is 0 Å². The first kappa shape index (κ1) is 19.5. The molecule has 1 aromatic carbocycles. The first-order valence-corrected chi connectivity index (χ1v) is 7.54. The number of halogens is 2. The maximum absolute atomic E-state index is 12.4. The van der Waals surface area contributed by atoms with E-state index in [1.54, 1.807) is 32.0 Å². The van der Waals surface area contributed by atoms with Crippen molar-refractivity contribution in [2.45, 2.75) is 25.5 Å². The second-order valence-electron chi connectivity index (χ2n) is 5.30. The van der Waals surface area contributed by atoms with Gasteiger partial charge in [0.1, 0.15) is 12.9 Å². The summed E-state index contributed by atoms with van der Waals surface area (Å²) < 4.78 is 10.7. The third-order valence-electron chi connectivity index (χ3n) is 2.65. The molecular formula is C15H20Cl2N2O4. The fourth-order valence-electron chi connectivity index (χ4n) is 1.69. The topological polar surface area (TPSA) is 69.2 Å². The van der Waals surface area contributed by atoms with Crippen LogP contribution in [0.25, 0.3) is 0 Å². The minimum absolute atomic E-state index is 0.0630. The van der Waals surface area contributed by atoms with Gasteiger partial charge in [0.25, 0.3) is 5.91 Å². The van der Waals surface area contributed by atoms with Crippen molar-refractivity contribution in [1.29, 1.82) is 0 Å². The van der Waals surface area contributed by atoms with Crippen molar-refractivity contribution in [2.75, 3.05) is 20.8 Å². The van der Waals surface area contributed by atoms with Crippen LogP contribution >= 0.6 is 23.2 Å². The van der Waals surface area contributed by atoms with Crippen molar-refractivity contribution in [3.63, 3.8) is 0 Å². The van der Waals surface area contributed by atoms with E-state index < -0.39 is 11.6 Å². The van der Waals surface area contributed by atoms with Gasteiger partial charge in [0.15, 0.2) is 6.10 Å². The van der Waals surface area contributed by atoms with E-state index in [0.29, 0.717) is 15.8 Å². The molecule has 128 valence electrons. The smallest absolute Gasteiger partial charge is 0.264 e. The van der Waals surface area contributed by atoms with Crippen LogP contribution < -0.4 is 10.1 Å². The third-order valence-corrected chi connectivity index (χ3v) is 3.09. The highest BCUT2D eigenvalue weighted by Gasteiger charge is 2.26. The normalized spacial score (nSPS) is 13.0. The fraction of sp³-hybridized carbons (Fsp3) is 0.467. The largest absolute Gasteiger partial charge is 0.478 e. The van der Waals surface area contributed by atoms with Gasteiger partial charge in [-0.05, 0) is 32.0 Å². The molecular weight excluding hydrogens is 343 g/mol. The zero-order chi connectivity index (χ0) is 17.5. The first-order valence-electron chi connectivity index (χ1n) is 6.79. The van der Waals surface area contributed by atoms with Crippen molar-refractivity contribution in [1.82, 2.24) is 5.32 Å². The van der Waals surface area contributed by atoms with Gasteiger partial charge in [-0.15, -0.1) is 0 Å². The van der Waals surface area contributed by atoms with E-state index in [9.17, 15) is 4.79 Å². The average Bonchev–Trinajstić information content (AvgIpc) is 2.43. The summed E-state index contributed by atoms with van der Waals surface area (Å²) in [5, 5.41) is 7.28. The number of methoxy groups -OCH3 is 1. The van der Waals surface area contributed by atoms with Gasteiger partial charge in [-0.3, -0.25) is 4.79 Å². The molecule has 1 N–H and O–H groups in total. The Labute approximate surface area is 145 Å². The molecule has 0 aliphatic heterocycles. The summed E-state index contributed by atoms with van der Waals surface area (Å²) >= 11 is 11.9. The van der Waals surface area contributed by atoms with Gasteiger partial charge in [-0.25, -0.2) is 0 Å². The lowest BCUT2D eigenvalue weighted by atomic mass is 10.1. The number of ether oxygens (including phenoxy) is 2. The van der Waals surface area contributed by atoms with Crippen LogP contribution in [0.5, 0.6) is 5.75 Å². The van der Waals surface area contributed by atoms with Gasteiger partial charge in [0, 0.05) is 17.2 Å². The number of nitrogens with one attached hydrogen (secondary N) is 1. The van der Waals surface area contributed by atoms with Crippen molar-refractivity contribution < 1.29 is 19.1 Å². The second kappa shape index (κ2) is 8.96. The van der Waals surface area contributed by atoms with E-state index >= 15 is 0 Å². The Bertz CT molecular complexity index is 544. The molecule has 0 aliphatic rings. The molecule has 0 saturated carbocycles. The standard InChI is InChI=1S/C15H20Cl2N2O4/c1-15(2,9-18-22-4)19-14(20)13(8-21-3)23-12-6-10(16)5-11(17)7-12/h5-7,9,13H,8H2,1-4H3,(H,19,20). The SMILES string of the molecule is COCC(Oc1cc(Cl)cc(Cl)c1)C(=O)NC(C)(C)C=NOC. The van der Waals surface area contributed by atoms with Gasteiger partial charge in [-0.2, -0.15) is 0 Å². The molecule has 0 aliphatic carbocycles. The maximum Gasteiger partial charge on any atom is 0.264 e. The highest BCUT2D eigenvalue weighted by Crippen LogP contribution is 2.25. The van der Waals surface area contributed by atoms with Crippen LogP contribution in [0, 0.1) is 0 Å². The zero-order valence-electron chi connectivity index (χ0n) is 13.4. The number of hydrogen-bond donors (Lipinski definition) is 1. The summed E-state index contributed by atoms with van der Waals surface area (Å²) in [6.07, 6.45) is 0.607. The number of rotatable bonds is 8. The van der Waals surface area contributed by atoms with Crippen molar-refractivity contribution in [3.05, 3.63) is 28.2 Å². The Kier molecular flexibility index (Phi) is 7.61. The van der Waals surface area contributed by atoms with Crippen LogP contribution in [0.15, 0.2) is 23.4 Å². The molecule has 1 aromatic rings. The molecule has 0 bridgehead atoms. The predicted molar refractivity (Wildman–Crippen MR) is 90.5 cm³/mol. The summed E-state index contributed by atoms with van der Waals surface area (Å²) in [5.41, 5.74) is -0.714. The van der Waals surface area contributed by atoms with Gasteiger partial charge in [0.05, 0.1) is 18.4 Å². The quantitative estimate of drug-likeness (QED) is 0.570. The molecule has 0 heterocycles. The molecule has 1 rings (SSSR count). The molecule has 0 spiro atoms. The minimum Gasteiger partial charge on any atom is -0.478 e. The van der Waals surface area contributed by atoms with Crippen molar-refractivity contribution in [3.8, 4) is 5.75 Å². The van der Waals surface area contributed by atoms with Gasteiger partial charge in [-0.1, -0.05) is 28.4 Å². The number of hydrogen-bond acceptors (Lipinski definition) is 5. The molecule has 0 saturated heterocycles. The molecule has 1 atom stereocenters. The Hall–Kier alpha value is -1.50. The molecule has 23 heavy (non-hydrogen) atoms. The molecule has 0 radical (unpaired) electrons. The van der Waals surface area contributed by atoms with E-state index in [2.05, 4.69) is 15.3 Å². The van der Waals surface area contributed by atoms with Crippen LogP contribution in [-0.2, 0) is 14.4 Å². The fourth-order valence-corrected chi connectivity index (χ4v) is 2.20. The van der Waals surface area contributed by atoms with E-state index in [1.165, 1.54) is 20.4 Å². The molecule has 6 nitrogen and oxygen atoms in total. The Morgan fingerprint density at radius 2 is 1.91 bits per heavy atom. The van der Waals surface area contributed by atoms with Crippen LogP contribution in [0.1, 0.15) is 13.8 Å². The highest BCUT2D eigenvalue weighted by molar-refractivity contribution is 6.34. The maximum atomic E-state index is 12.4. The predicted octanol–water partition coefficient (Wildman–Crippen LogP) is 2.91. The van der Waals surface area contributed by atoms with Crippen LogP contribution in [0.4, 0.5) is 0 Å². The Morgan fingerprint density at radius 1 is 1.30 bits per heavy atom. The molecule has 8 heteroatoms.